The fraction of sp³-hybridized carbons (Fsp3) is 0.346. The molecule has 2 bridgehead atoms. The summed E-state index contributed by atoms with van der Waals surface area (Å²) in [6, 6.07) is 5.94. The minimum atomic E-state index is -0.612. The van der Waals surface area contributed by atoms with Crippen LogP contribution in [0.5, 0.6) is 5.75 Å². The third-order valence-electron chi connectivity index (χ3n) is 6.90. The number of anilines is 1. The molecule has 0 aliphatic carbocycles. The number of fused-ring (bicyclic) bond motifs is 4. The standard InChI is InChI=1S/C26H24F2N4O2/c1-3-18-21(27)5-4-15-7-16(33)8-19(22(15)18)24-23(28)25-20(9-29-24)26(31-13(2)30-25)32-10-14-6-17(11-32)34-12-14/h4-5,7-9,14,17,33H,3,6,10-12H2,1-2H3/t14-,17+/m1/s1. The zero-order valence-electron chi connectivity index (χ0n) is 19.0. The third-order valence-corrected chi connectivity index (χ3v) is 6.90. The van der Waals surface area contributed by atoms with Crippen LogP contribution in [0.1, 0.15) is 24.7 Å². The van der Waals surface area contributed by atoms with E-state index in [1.807, 2.05) is 6.92 Å². The molecule has 0 spiro atoms. The fourth-order valence-corrected chi connectivity index (χ4v) is 5.45. The number of ether oxygens (including phenoxy) is 1. The number of benzene rings is 2. The third kappa shape index (κ3) is 3.27. The zero-order valence-corrected chi connectivity index (χ0v) is 19.0. The smallest absolute Gasteiger partial charge is 0.175 e. The lowest BCUT2D eigenvalue weighted by Gasteiger charge is -2.32. The molecule has 4 heterocycles. The lowest BCUT2D eigenvalue weighted by Crippen LogP contribution is -2.40. The summed E-state index contributed by atoms with van der Waals surface area (Å²) in [6.45, 7) is 5.81. The van der Waals surface area contributed by atoms with Crippen molar-refractivity contribution in [1.29, 1.82) is 0 Å². The maximum Gasteiger partial charge on any atom is 0.175 e. The largest absolute Gasteiger partial charge is 0.508 e. The van der Waals surface area contributed by atoms with Gasteiger partial charge in [-0.2, -0.15) is 0 Å². The van der Waals surface area contributed by atoms with Gasteiger partial charge in [0, 0.05) is 30.8 Å². The number of piperidine rings is 1. The molecular weight excluding hydrogens is 438 g/mol. The summed E-state index contributed by atoms with van der Waals surface area (Å²) < 4.78 is 36.5. The van der Waals surface area contributed by atoms with Gasteiger partial charge in [0.05, 0.1) is 18.1 Å². The van der Waals surface area contributed by atoms with E-state index in [0.717, 1.165) is 19.6 Å². The summed E-state index contributed by atoms with van der Waals surface area (Å²) in [5, 5.41) is 12.0. The van der Waals surface area contributed by atoms with Crippen molar-refractivity contribution in [3.63, 3.8) is 0 Å². The number of hydrogen-bond donors (Lipinski definition) is 1. The maximum atomic E-state index is 16.1. The van der Waals surface area contributed by atoms with E-state index >= 15 is 4.39 Å². The number of aromatic nitrogens is 3. The van der Waals surface area contributed by atoms with Gasteiger partial charge in [0.2, 0.25) is 0 Å². The first kappa shape index (κ1) is 21.2. The quantitative estimate of drug-likeness (QED) is 0.466. The van der Waals surface area contributed by atoms with E-state index in [1.54, 1.807) is 25.3 Å². The van der Waals surface area contributed by atoms with Crippen molar-refractivity contribution in [3.05, 3.63) is 53.5 Å². The molecule has 2 saturated heterocycles. The highest BCUT2D eigenvalue weighted by Gasteiger charge is 2.35. The van der Waals surface area contributed by atoms with Crippen molar-refractivity contribution in [2.45, 2.75) is 32.8 Å². The van der Waals surface area contributed by atoms with E-state index in [1.165, 1.54) is 12.1 Å². The van der Waals surface area contributed by atoms with Crippen molar-refractivity contribution >= 4 is 27.5 Å². The minimum absolute atomic E-state index is 0.0276. The number of hydrogen-bond acceptors (Lipinski definition) is 6. The van der Waals surface area contributed by atoms with E-state index in [2.05, 4.69) is 19.9 Å². The Bertz CT molecular complexity index is 1450. The first-order chi connectivity index (χ1) is 16.4. The highest BCUT2D eigenvalue weighted by Crippen LogP contribution is 2.39. The Labute approximate surface area is 195 Å². The first-order valence-corrected chi connectivity index (χ1v) is 11.6. The predicted octanol–water partition coefficient (Wildman–Crippen LogP) is 4.92. The van der Waals surface area contributed by atoms with E-state index < -0.39 is 5.82 Å². The van der Waals surface area contributed by atoms with Crippen LogP contribution in [0.4, 0.5) is 14.6 Å². The van der Waals surface area contributed by atoms with E-state index in [-0.39, 0.29) is 28.9 Å². The average molecular weight is 463 g/mol. The zero-order chi connectivity index (χ0) is 23.6. The Kier molecular flexibility index (Phi) is 4.88. The molecule has 2 fully saturated rings. The van der Waals surface area contributed by atoms with E-state index in [4.69, 9.17) is 4.74 Å². The molecule has 6 rings (SSSR count). The summed E-state index contributed by atoms with van der Waals surface area (Å²) in [6.07, 6.45) is 3.19. The maximum absolute atomic E-state index is 16.1. The highest BCUT2D eigenvalue weighted by molar-refractivity contribution is 6.01. The number of phenolic OH excluding ortho intramolecular Hbond substituents is 1. The molecule has 0 amide bonds. The molecule has 0 unspecified atom stereocenters. The van der Waals surface area contributed by atoms with Crippen molar-refractivity contribution in [2.75, 3.05) is 24.6 Å². The van der Waals surface area contributed by atoms with Gasteiger partial charge in [-0.05, 0) is 54.3 Å². The number of aryl methyl sites for hydroxylation is 2. The Morgan fingerprint density at radius 2 is 2.03 bits per heavy atom. The Hall–Kier alpha value is -3.39. The van der Waals surface area contributed by atoms with Crippen molar-refractivity contribution in [3.8, 4) is 17.0 Å². The summed E-state index contributed by atoms with van der Waals surface area (Å²) >= 11 is 0. The molecule has 2 aliphatic rings. The van der Waals surface area contributed by atoms with Gasteiger partial charge >= 0.3 is 0 Å². The second-order valence-electron chi connectivity index (χ2n) is 9.21. The summed E-state index contributed by atoms with van der Waals surface area (Å²) in [5.74, 6) is 0.521. The molecular formula is C26H24F2N4O2. The van der Waals surface area contributed by atoms with Crippen LogP contribution in [0.3, 0.4) is 0 Å². The second kappa shape index (κ2) is 7.84. The fourth-order valence-electron chi connectivity index (χ4n) is 5.45. The number of aromatic hydroxyl groups is 1. The normalized spacial score (nSPS) is 19.9. The monoisotopic (exact) mass is 462 g/mol. The molecule has 0 saturated carbocycles. The van der Waals surface area contributed by atoms with Gasteiger partial charge in [-0.15, -0.1) is 0 Å². The summed E-state index contributed by atoms with van der Waals surface area (Å²) in [7, 11) is 0. The van der Waals surface area contributed by atoms with Gasteiger partial charge in [0.15, 0.2) is 5.82 Å². The number of rotatable bonds is 3. The number of halogens is 2. The van der Waals surface area contributed by atoms with Crippen molar-refractivity contribution in [1.82, 2.24) is 15.0 Å². The molecule has 1 N–H and O–H groups in total. The molecule has 2 aliphatic heterocycles. The first-order valence-electron chi connectivity index (χ1n) is 11.6. The molecule has 174 valence electrons. The Morgan fingerprint density at radius 3 is 2.82 bits per heavy atom. The molecule has 6 nitrogen and oxygen atoms in total. The summed E-state index contributed by atoms with van der Waals surface area (Å²) in [4.78, 5) is 15.6. The van der Waals surface area contributed by atoms with Crippen LogP contribution in [-0.4, -0.2) is 45.9 Å². The predicted molar refractivity (Wildman–Crippen MR) is 126 cm³/mol. The molecule has 2 atom stereocenters. The topological polar surface area (TPSA) is 71.4 Å². The van der Waals surface area contributed by atoms with Gasteiger partial charge in [-0.1, -0.05) is 13.0 Å². The molecule has 2 aromatic heterocycles. The van der Waals surface area contributed by atoms with E-state index in [0.29, 0.717) is 57.8 Å². The molecule has 2 aromatic carbocycles. The van der Waals surface area contributed by atoms with Crippen LogP contribution in [0.15, 0.2) is 30.5 Å². The van der Waals surface area contributed by atoms with Crippen LogP contribution in [0, 0.1) is 24.5 Å². The Morgan fingerprint density at radius 1 is 1.18 bits per heavy atom. The average Bonchev–Trinajstić information content (AvgIpc) is 3.16. The Balaban J connectivity index is 1.57. The summed E-state index contributed by atoms with van der Waals surface area (Å²) in [5.41, 5.74) is 0.988. The van der Waals surface area contributed by atoms with Gasteiger partial charge in [-0.25, -0.2) is 18.7 Å². The lowest BCUT2D eigenvalue weighted by atomic mass is 9.94. The number of phenols is 1. The van der Waals surface area contributed by atoms with Gasteiger partial charge in [0.25, 0.3) is 0 Å². The number of pyridine rings is 1. The molecule has 34 heavy (non-hydrogen) atoms. The van der Waals surface area contributed by atoms with Gasteiger partial charge in [-0.3, -0.25) is 4.98 Å². The van der Waals surface area contributed by atoms with Crippen LogP contribution >= 0.6 is 0 Å². The lowest BCUT2D eigenvalue weighted by molar-refractivity contribution is 0.119. The second-order valence-corrected chi connectivity index (χ2v) is 9.21. The van der Waals surface area contributed by atoms with Crippen LogP contribution in [0.2, 0.25) is 0 Å². The van der Waals surface area contributed by atoms with Crippen molar-refractivity contribution in [2.24, 2.45) is 5.92 Å². The number of nitrogens with zero attached hydrogens (tertiary/aromatic N) is 4. The molecule has 0 radical (unpaired) electrons. The van der Waals surface area contributed by atoms with Crippen LogP contribution < -0.4 is 4.90 Å². The molecule has 4 aromatic rings. The van der Waals surface area contributed by atoms with E-state index in [9.17, 15) is 9.50 Å². The van der Waals surface area contributed by atoms with Crippen LogP contribution in [0.25, 0.3) is 32.9 Å². The SMILES string of the molecule is CCc1c(F)ccc2cc(O)cc(-c3ncc4c(N5C[C@@H]6CO[C@@H](C6)C5)nc(C)nc4c3F)c12. The molecule has 8 heteroatoms. The highest BCUT2D eigenvalue weighted by atomic mass is 19.1. The van der Waals surface area contributed by atoms with Crippen LogP contribution in [-0.2, 0) is 11.2 Å². The van der Waals surface area contributed by atoms with Gasteiger partial charge < -0.3 is 14.7 Å². The minimum Gasteiger partial charge on any atom is -0.508 e. The van der Waals surface area contributed by atoms with Gasteiger partial charge in [0.1, 0.15) is 34.4 Å². The van der Waals surface area contributed by atoms with Crippen molar-refractivity contribution < 1.29 is 18.6 Å².